The van der Waals surface area contributed by atoms with Crippen molar-refractivity contribution in [3.63, 3.8) is 0 Å². The van der Waals surface area contributed by atoms with Gasteiger partial charge in [0.2, 0.25) is 0 Å². The average Bonchev–Trinajstić information content (AvgIpc) is 3.15. The molecule has 1 amide bonds. The van der Waals surface area contributed by atoms with Crippen LogP contribution in [0, 0.1) is 11.7 Å². The molecule has 1 saturated heterocycles. The summed E-state index contributed by atoms with van der Waals surface area (Å²) in [5, 5.41) is 2.37. The Balaban J connectivity index is 1.65. The summed E-state index contributed by atoms with van der Waals surface area (Å²) in [6, 6.07) is 2.73. The van der Waals surface area contributed by atoms with Gasteiger partial charge in [0.1, 0.15) is 17.2 Å². The number of aliphatic imine (C=N–C) groups is 1. The third kappa shape index (κ3) is 4.17. The predicted molar refractivity (Wildman–Crippen MR) is 99.9 cm³/mol. The number of aromatic nitrogens is 2. The molecule has 3 N–H and O–H groups in total. The number of rotatable bonds is 4. The molecule has 0 aliphatic carbocycles. The van der Waals surface area contributed by atoms with Crippen LogP contribution < -0.4 is 11.1 Å². The Bertz CT molecular complexity index is 1090. The summed E-state index contributed by atoms with van der Waals surface area (Å²) in [5.74, 6) is -3.21. The molecule has 0 radical (unpaired) electrons. The van der Waals surface area contributed by atoms with Crippen LogP contribution in [0.4, 0.5) is 32.0 Å². The number of hydrogen-bond donors (Lipinski definition) is 2. The third-order valence-corrected chi connectivity index (χ3v) is 5.30. The fourth-order valence-electron chi connectivity index (χ4n) is 3.78. The number of hydrogen-bond acceptors (Lipinski definition) is 7. The molecule has 4 rings (SSSR count). The minimum atomic E-state index is -4.76. The standard InChI is InChI=1S/C19H15F6N5O3/c20-11-2-1-8(30-16(31)13-6-27-12(5-28-13)15(21)22)3-9(11)18-7-32-14(19(23,24)25)10(18)4-29-17(26)33-18/h1-3,5-6,10,14-15H,4,7H2,(H2,26,29)(H,30,31)/t10-,14+,18-/m1/s1. The van der Waals surface area contributed by atoms with Gasteiger partial charge >= 0.3 is 6.18 Å². The second-order valence-corrected chi connectivity index (χ2v) is 7.33. The van der Waals surface area contributed by atoms with Gasteiger partial charge in [0.05, 0.1) is 31.5 Å². The summed E-state index contributed by atoms with van der Waals surface area (Å²) < 4.78 is 90.7. The molecule has 1 fully saturated rings. The Morgan fingerprint density at radius 3 is 2.64 bits per heavy atom. The van der Waals surface area contributed by atoms with Crippen LogP contribution in [0.2, 0.25) is 0 Å². The molecule has 0 bridgehead atoms. The van der Waals surface area contributed by atoms with E-state index in [1.54, 1.807) is 0 Å². The predicted octanol–water partition coefficient (Wildman–Crippen LogP) is 2.92. The third-order valence-electron chi connectivity index (χ3n) is 5.30. The largest absolute Gasteiger partial charge is 0.451 e. The SMILES string of the molecule is NC1=NC[C@@H]2[C@@H](C(F)(F)F)OC[C@]2(c2cc(NC(=O)c3cnc(C(F)F)cn3)ccc2F)O1. The molecule has 1 aromatic heterocycles. The summed E-state index contributed by atoms with van der Waals surface area (Å²) in [6.45, 7) is -1.08. The Morgan fingerprint density at radius 1 is 1.24 bits per heavy atom. The van der Waals surface area contributed by atoms with Crippen LogP contribution in [0.1, 0.15) is 28.2 Å². The molecule has 0 unspecified atom stereocenters. The van der Waals surface area contributed by atoms with E-state index in [9.17, 15) is 31.1 Å². The molecule has 2 aromatic rings. The van der Waals surface area contributed by atoms with Gasteiger partial charge in [0.15, 0.2) is 11.7 Å². The maximum Gasteiger partial charge on any atom is 0.415 e. The first kappa shape index (κ1) is 22.8. The summed E-state index contributed by atoms with van der Waals surface area (Å²) in [4.78, 5) is 23.1. The van der Waals surface area contributed by atoms with Gasteiger partial charge < -0.3 is 20.5 Å². The number of carbonyl (C=O) groups is 1. The highest BCUT2D eigenvalue weighted by atomic mass is 19.4. The van der Waals surface area contributed by atoms with Gasteiger partial charge in [-0.05, 0) is 18.2 Å². The monoisotopic (exact) mass is 475 g/mol. The maximum atomic E-state index is 14.8. The summed E-state index contributed by atoms with van der Waals surface area (Å²) in [7, 11) is 0. The van der Waals surface area contributed by atoms with Crippen LogP contribution in [0.25, 0.3) is 0 Å². The molecule has 8 nitrogen and oxygen atoms in total. The summed E-state index contributed by atoms with van der Waals surface area (Å²) in [6.07, 6.45) is -8.35. The number of anilines is 1. The number of carbonyl (C=O) groups excluding carboxylic acids is 1. The lowest BCUT2D eigenvalue weighted by Crippen LogP contribution is -2.50. The number of nitrogens with two attached hydrogens (primary N) is 1. The molecular weight excluding hydrogens is 460 g/mol. The number of benzene rings is 1. The maximum absolute atomic E-state index is 14.8. The van der Waals surface area contributed by atoms with Gasteiger partial charge in [-0.15, -0.1) is 0 Å². The number of ether oxygens (including phenoxy) is 2. The van der Waals surface area contributed by atoms with Crippen molar-refractivity contribution in [3.05, 3.63) is 53.4 Å². The normalized spacial score (nSPS) is 24.8. The highest BCUT2D eigenvalue weighted by molar-refractivity contribution is 6.02. The van der Waals surface area contributed by atoms with E-state index in [0.29, 0.717) is 0 Å². The van der Waals surface area contributed by atoms with Gasteiger partial charge in [-0.2, -0.15) is 13.2 Å². The Hall–Kier alpha value is -3.42. The van der Waals surface area contributed by atoms with Gasteiger partial charge in [-0.25, -0.2) is 23.1 Å². The van der Waals surface area contributed by atoms with Crippen molar-refractivity contribution in [2.45, 2.75) is 24.3 Å². The second kappa shape index (κ2) is 8.17. The molecule has 3 heterocycles. The molecule has 0 saturated carbocycles. The van der Waals surface area contributed by atoms with E-state index >= 15 is 0 Å². The van der Waals surface area contributed by atoms with Crippen molar-refractivity contribution < 1.29 is 40.6 Å². The Labute approximate surface area is 181 Å². The summed E-state index contributed by atoms with van der Waals surface area (Å²) >= 11 is 0. The first-order chi connectivity index (χ1) is 15.5. The molecule has 2 aliphatic rings. The van der Waals surface area contributed by atoms with Crippen molar-refractivity contribution in [2.75, 3.05) is 18.5 Å². The van der Waals surface area contributed by atoms with Gasteiger partial charge in [0, 0.05) is 11.3 Å². The highest BCUT2D eigenvalue weighted by Gasteiger charge is 2.63. The Kier molecular flexibility index (Phi) is 5.64. The van der Waals surface area contributed by atoms with Gasteiger partial charge in [-0.1, -0.05) is 0 Å². The van der Waals surface area contributed by atoms with Gasteiger partial charge in [-0.3, -0.25) is 9.78 Å². The lowest BCUT2D eigenvalue weighted by molar-refractivity contribution is -0.217. The van der Waals surface area contributed by atoms with Crippen LogP contribution in [0.5, 0.6) is 0 Å². The fraction of sp³-hybridized carbons (Fsp3) is 0.368. The smallest absolute Gasteiger partial charge is 0.415 e. The zero-order valence-corrected chi connectivity index (χ0v) is 16.4. The van der Waals surface area contributed by atoms with Crippen LogP contribution in [-0.4, -0.2) is 47.3 Å². The Morgan fingerprint density at radius 2 is 2.00 bits per heavy atom. The zero-order chi connectivity index (χ0) is 24.0. The number of amides is 1. The molecule has 2 aliphatic heterocycles. The molecule has 1 aromatic carbocycles. The van der Waals surface area contributed by atoms with E-state index in [4.69, 9.17) is 15.2 Å². The molecule has 176 valence electrons. The van der Waals surface area contributed by atoms with E-state index in [2.05, 4.69) is 20.3 Å². The molecular formula is C19H15F6N5O3. The lowest BCUT2D eigenvalue weighted by atomic mass is 9.79. The first-order valence-corrected chi connectivity index (χ1v) is 9.40. The molecule has 33 heavy (non-hydrogen) atoms. The number of alkyl halides is 5. The van der Waals surface area contributed by atoms with Crippen LogP contribution >= 0.6 is 0 Å². The zero-order valence-electron chi connectivity index (χ0n) is 16.4. The quantitative estimate of drug-likeness (QED) is 0.658. The number of amidine groups is 1. The van der Waals surface area contributed by atoms with E-state index in [1.165, 1.54) is 0 Å². The highest BCUT2D eigenvalue weighted by Crippen LogP contribution is 2.50. The molecule has 0 spiro atoms. The topological polar surface area (TPSA) is 112 Å². The first-order valence-electron chi connectivity index (χ1n) is 9.40. The van der Waals surface area contributed by atoms with Crippen molar-refractivity contribution in [2.24, 2.45) is 16.6 Å². The number of halogens is 6. The lowest BCUT2D eigenvalue weighted by Gasteiger charge is -2.38. The van der Waals surface area contributed by atoms with Gasteiger partial charge in [0.25, 0.3) is 18.4 Å². The van der Waals surface area contributed by atoms with Crippen LogP contribution in [0.15, 0.2) is 35.6 Å². The summed E-state index contributed by atoms with van der Waals surface area (Å²) in [5.41, 5.74) is 2.35. The molecule has 3 atom stereocenters. The van der Waals surface area contributed by atoms with Crippen molar-refractivity contribution in [3.8, 4) is 0 Å². The number of nitrogens with one attached hydrogen (secondary N) is 1. The molecule has 14 heteroatoms. The van der Waals surface area contributed by atoms with Crippen molar-refractivity contribution in [1.82, 2.24) is 9.97 Å². The number of nitrogens with zero attached hydrogens (tertiary/aromatic N) is 3. The van der Waals surface area contributed by atoms with Crippen LogP contribution in [-0.2, 0) is 15.1 Å². The van der Waals surface area contributed by atoms with Crippen LogP contribution in [0.3, 0.4) is 0 Å². The fourth-order valence-corrected chi connectivity index (χ4v) is 3.78. The van der Waals surface area contributed by atoms with E-state index in [-0.39, 0.29) is 16.9 Å². The van der Waals surface area contributed by atoms with E-state index in [0.717, 1.165) is 30.6 Å². The average molecular weight is 475 g/mol. The minimum Gasteiger partial charge on any atom is -0.451 e. The van der Waals surface area contributed by atoms with E-state index in [1.807, 2.05) is 0 Å². The van der Waals surface area contributed by atoms with Crippen molar-refractivity contribution >= 4 is 17.6 Å². The minimum absolute atomic E-state index is 0.0237. The van der Waals surface area contributed by atoms with E-state index < -0.39 is 66.8 Å². The number of fused-ring (bicyclic) bond motifs is 1. The van der Waals surface area contributed by atoms with Crippen molar-refractivity contribution in [1.29, 1.82) is 0 Å². The second-order valence-electron chi connectivity index (χ2n) is 7.33.